The van der Waals surface area contributed by atoms with Crippen LogP contribution >= 0.6 is 0 Å². The maximum atomic E-state index is 12.7. The Kier molecular flexibility index (Phi) is 5.90. The lowest BCUT2D eigenvalue weighted by molar-refractivity contribution is -0.367. The summed E-state index contributed by atoms with van der Waals surface area (Å²) >= 11 is 0. The number of nitrogens with zero attached hydrogens (tertiary/aromatic N) is 2. The monoisotopic (exact) mass is 376 g/mol. The Bertz CT molecular complexity index is 814. The number of rotatable bonds is 6. The van der Waals surface area contributed by atoms with Crippen LogP contribution in [0.1, 0.15) is 18.1 Å². The van der Waals surface area contributed by atoms with Crippen molar-refractivity contribution in [3.05, 3.63) is 53.7 Å². The molecule has 1 N–H and O–H groups in total. The van der Waals surface area contributed by atoms with Gasteiger partial charge in [0.05, 0.1) is 20.3 Å². The molecular weight excluding hydrogens is 350 g/mol. The molecule has 1 aliphatic rings. The first kappa shape index (κ1) is 18.8. The third-order valence-corrected chi connectivity index (χ3v) is 6.53. The summed E-state index contributed by atoms with van der Waals surface area (Å²) < 4.78 is 32.0. The molecule has 1 aliphatic heterocycles. The summed E-state index contributed by atoms with van der Waals surface area (Å²) in [5, 5.41) is 0. The van der Waals surface area contributed by atoms with E-state index in [1.54, 1.807) is 12.3 Å². The molecule has 2 heterocycles. The second-order valence-electron chi connectivity index (χ2n) is 6.45. The third kappa shape index (κ3) is 4.23. The molecule has 7 heteroatoms. The van der Waals surface area contributed by atoms with Crippen molar-refractivity contribution in [2.45, 2.75) is 24.8 Å². The van der Waals surface area contributed by atoms with Gasteiger partial charge in [0.2, 0.25) is 10.0 Å². The molecule has 0 amide bonds. The summed E-state index contributed by atoms with van der Waals surface area (Å²) in [4.78, 5) is 5.46. The first-order valence-corrected chi connectivity index (χ1v) is 10.3. The summed E-state index contributed by atoms with van der Waals surface area (Å²) in [5.41, 5.74) is 2.53. The Morgan fingerprint density at radius 2 is 1.73 bits per heavy atom. The highest BCUT2D eigenvalue weighted by Crippen LogP contribution is 2.18. The minimum Gasteiger partial charge on any atom is -0.379 e. The van der Waals surface area contributed by atoms with E-state index in [9.17, 15) is 8.42 Å². The molecule has 26 heavy (non-hydrogen) atoms. The first-order valence-electron chi connectivity index (χ1n) is 8.89. The van der Waals surface area contributed by atoms with Crippen LogP contribution in [0.15, 0.2) is 47.5 Å². The molecule has 3 rings (SSSR count). The summed E-state index contributed by atoms with van der Waals surface area (Å²) in [7, 11) is -1.49. The number of hydrogen-bond donors (Lipinski definition) is 0. The molecule has 0 aliphatic carbocycles. The summed E-state index contributed by atoms with van der Waals surface area (Å²) in [6, 6.07) is 12.0. The maximum Gasteiger partial charge on any atom is 0.274 e. The molecule has 0 saturated carbocycles. The van der Waals surface area contributed by atoms with E-state index in [4.69, 9.17) is 4.74 Å². The van der Waals surface area contributed by atoms with Crippen LogP contribution in [0.2, 0.25) is 0 Å². The van der Waals surface area contributed by atoms with Crippen molar-refractivity contribution < 1.29 is 18.1 Å². The van der Waals surface area contributed by atoms with Gasteiger partial charge < -0.3 is 4.74 Å². The average molecular weight is 377 g/mol. The fourth-order valence-electron chi connectivity index (χ4n) is 2.98. The predicted octanol–water partition coefficient (Wildman–Crippen LogP) is 1.72. The maximum absolute atomic E-state index is 12.7. The van der Waals surface area contributed by atoms with E-state index in [-0.39, 0.29) is 4.90 Å². The number of ether oxygens (including phenoxy) is 1. The SMILES string of the molecule is CCc1ccc(CN(C)c2ccc(S(=O)(=O)N3CCOCC3)c[nH+]2)cc1. The van der Waals surface area contributed by atoms with Gasteiger partial charge in [0.15, 0.2) is 0 Å². The molecule has 1 aromatic carbocycles. The van der Waals surface area contributed by atoms with E-state index in [1.807, 2.05) is 13.1 Å². The highest BCUT2D eigenvalue weighted by atomic mass is 32.2. The normalized spacial score (nSPS) is 15.8. The van der Waals surface area contributed by atoms with Crippen LogP contribution in [0.3, 0.4) is 0 Å². The largest absolute Gasteiger partial charge is 0.379 e. The lowest BCUT2D eigenvalue weighted by atomic mass is 10.1. The first-order chi connectivity index (χ1) is 12.5. The van der Waals surface area contributed by atoms with E-state index in [1.165, 1.54) is 15.4 Å². The number of H-pyrrole nitrogens is 1. The van der Waals surface area contributed by atoms with Gasteiger partial charge in [0.25, 0.3) is 5.82 Å². The van der Waals surface area contributed by atoms with Gasteiger partial charge in [0, 0.05) is 19.2 Å². The summed E-state index contributed by atoms with van der Waals surface area (Å²) in [6.07, 6.45) is 2.60. The van der Waals surface area contributed by atoms with Crippen LogP contribution < -0.4 is 9.88 Å². The Hall–Kier alpha value is -1.96. The number of aromatic amines is 1. The van der Waals surface area contributed by atoms with Crippen LogP contribution in [0, 0.1) is 0 Å². The van der Waals surface area contributed by atoms with Gasteiger partial charge in [-0.15, -0.1) is 0 Å². The topological polar surface area (TPSA) is 64.0 Å². The van der Waals surface area contributed by atoms with Gasteiger partial charge in [-0.25, -0.2) is 13.4 Å². The molecular formula is C19H26N3O3S+. The Balaban J connectivity index is 1.69. The van der Waals surface area contributed by atoms with Crippen LogP contribution in [-0.4, -0.2) is 46.1 Å². The molecule has 2 aromatic rings. The Morgan fingerprint density at radius 1 is 1.08 bits per heavy atom. The fourth-order valence-corrected chi connectivity index (χ4v) is 4.35. The second kappa shape index (κ2) is 8.16. The van der Waals surface area contributed by atoms with Crippen molar-refractivity contribution >= 4 is 15.8 Å². The highest BCUT2D eigenvalue weighted by molar-refractivity contribution is 7.89. The van der Waals surface area contributed by atoms with Gasteiger partial charge >= 0.3 is 0 Å². The van der Waals surface area contributed by atoms with Crippen LogP contribution in [0.4, 0.5) is 5.82 Å². The smallest absolute Gasteiger partial charge is 0.274 e. The molecule has 0 atom stereocenters. The van der Waals surface area contributed by atoms with Crippen molar-refractivity contribution in [1.82, 2.24) is 4.31 Å². The molecule has 1 saturated heterocycles. The Labute approximate surface area is 155 Å². The number of sulfonamides is 1. The van der Waals surface area contributed by atoms with E-state index in [0.29, 0.717) is 26.3 Å². The molecule has 0 bridgehead atoms. The molecule has 6 nitrogen and oxygen atoms in total. The lowest BCUT2D eigenvalue weighted by Gasteiger charge is -2.25. The van der Waals surface area contributed by atoms with Gasteiger partial charge in [-0.3, -0.25) is 4.90 Å². The van der Waals surface area contributed by atoms with Crippen molar-refractivity contribution in [3.8, 4) is 0 Å². The molecule has 0 unspecified atom stereocenters. The zero-order chi connectivity index (χ0) is 18.6. The standard InChI is InChI=1S/C19H25N3O3S/c1-3-16-4-6-17(7-5-16)15-21(2)19-9-8-18(14-20-19)26(23,24)22-10-12-25-13-11-22/h4-9,14H,3,10-13,15H2,1-2H3/p+1. The van der Waals surface area contributed by atoms with E-state index in [2.05, 4.69) is 41.1 Å². The van der Waals surface area contributed by atoms with Crippen LogP contribution in [-0.2, 0) is 27.7 Å². The lowest BCUT2D eigenvalue weighted by Crippen LogP contribution is -2.41. The molecule has 140 valence electrons. The van der Waals surface area contributed by atoms with Crippen molar-refractivity contribution in [2.24, 2.45) is 0 Å². The predicted molar refractivity (Wildman–Crippen MR) is 101 cm³/mol. The molecule has 1 fully saturated rings. The fraction of sp³-hybridized carbons (Fsp3) is 0.421. The van der Waals surface area contributed by atoms with Crippen molar-refractivity contribution in [3.63, 3.8) is 0 Å². The number of morpholine rings is 1. The van der Waals surface area contributed by atoms with Gasteiger partial charge in [-0.2, -0.15) is 4.31 Å². The Morgan fingerprint density at radius 3 is 2.31 bits per heavy atom. The van der Waals surface area contributed by atoms with Crippen molar-refractivity contribution in [1.29, 1.82) is 0 Å². The molecule has 0 spiro atoms. The quantitative estimate of drug-likeness (QED) is 0.770. The van der Waals surface area contributed by atoms with E-state index >= 15 is 0 Å². The van der Waals surface area contributed by atoms with Gasteiger partial charge in [0.1, 0.15) is 17.6 Å². The zero-order valence-corrected chi connectivity index (χ0v) is 16.1. The second-order valence-corrected chi connectivity index (χ2v) is 8.39. The number of anilines is 1. The summed E-state index contributed by atoms with van der Waals surface area (Å²) in [6.45, 7) is 4.58. The third-order valence-electron chi connectivity index (χ3n) is 4.64. The summed E-state index contributed by atoms with van der Waals surface area (Å²) in [5.74, 6) is 0.866. The number of pyridine rings is 1. The van der Waals surface area contributed by atoms with Gasteiger partial charge in [-0.05, 0) is 23.6 Å². The number of nitrogens with one attached hydrogen (secondary N) is 1. The zero-order valence-electron chi connectivity index (χ0n) is 15.3. The average Bonchev–Trinajstić information content (AvgIpc) is 2.69. The minimum absolute atomic E-state index is 0.281. The number of aryl methyl sites for hydroxylation is 1. The molecule has 1 aromatic heterocycles. The number of hydrogen-bond acceptors (Lipinski definition) is 4. The van der Waals surface area contributed by atoms with Crippen molar-refractivity contribution in [2.75, 3.05) is 38.3 Å². The van der Waals surface area contributed by atoms with Gasteiger partial charge in [-0.1, -0.05) is 31.2 Å². The highest BCUT2D eigenvalue weighted by Gasteiger charge is 2.27. The van der Waals surface area contributed by atoms with Crippen LogP contribution in [0.5, 0.6) is 0 Å². The van der Waals surface area contributed by atoms with E-state index < -0.39 is 10.0 Å². The van der Waals surface area contributed by atoms with E-state index in [0.717, 1.165) is 18.8 Å². The number of aromatic nitrogens is 1. The minimum atomic E-state index is -3.47. The number of benzene rings is 1. The van der Waals surface area contributed by atoms with Crippen LogP contribution in [0.25, 0.3) is 0 Å². The molecule has 0 radical (unpaired) electrons.